The van der Waals surface area contributed by atoms with Crippen LogP contribution in [-0.4, -0.2) is 9.97 Å². The third-order valence-electron chi connectivity index (χ3n) is 0.848. The van der Waals surface area contributed by atoms with Crippen molar-refractivity contribution in [1.29, 1.82) is 0 Å². The van der Waals surface area contributed by atoms with Gasteiger partial charge in [0, 0.05) is 0 Å². The van der Waals surface area contributed by atoms with E-state index in [1.165, 1.54) is 6.08 Å². The van der Waals surface area contributed by atoms with E-state index in [2.05, 4.69) is 16.2 Å². The molecule has 0 fully saturated rings. The molecule has 11 heavy (non-hydrogen) atoms. The van der Waals surface area contributed by atoms with Crippen molar-refractivity contribution in [2.45, 2.75) is 0 Å². The number of hydrogen-bond donors (Lipinski definition) is 0. The summed E-state index contributed by atoms with van der Waals surface area (Å²) < 4.78 is 0. The molecule has 0 aliphatic carbocycles. The maximum Gasteiger partial charge on any atom is 1.00 e. The number of aromatic nitrogens is 2. The van der Waals surface area contributed by atoms with Crippen molar-refractivity contribution < 1.29 is 51.4 Å². The van der Waals surface area contributed by atoms with Crippen LogP contribution in [0.3, 0.4) is 0 Å². The molecular weight excluding hydrogens is 210 g/mol. The zero-order chi connectivity index (χ0) is 7.56. The van der Waals surface area contributed by atoms with Crippen LogP contribution in [0.15, 0.2) is 0 Å². The van der Waals surface area contributed by atoms with Gasteiger partial charge in [-0.1, -0.05) is 0 Å². The predicted octanol–water partition coefficient (Wildman–Crippen LogP) is -0.966. The van der Waals surface area contributed by atoms with Gasteiger partial charge in [-0.15, -0.1) is 29.4 Å². The molecule has 1 heterocycles. The van der Waals surface area contributed by atoms with Crippen LogP contribution >= 0.6 is 23.2 Å². The van der Waals surface area contributed by atoms with Crippen LogP contribution in [0.5, 0.6) is 0 Å². The van der Waals surface area contributed by atoms with E-state index in [-0.39, 0.29) is 61.8 Å². The minimum absolute atomic E-state index is 0. The summed E-state index contributed by atoms with van der Waals surface area (Å²) >= 11 is 10.9. The van der Waals surface area contributed by atoms with Crippen LogP contribution in [-0.2, 0) is 0 Å². The second kappa shape index (κ2) is 5.64. The molecule has 1 aromatic heterocycles. The summed E-state index contributed by atoms with van der Waals surface area (Å²) in [6.45, 7) is 5.14. The van der Waals surface area contributed by atoms with Gasteiger partial charge >= 0.3 is 51.4 Å². The topological polar surface area (TPSA) is 25.8 Å². The molecule has 0 N–H and O–H groups in total. The third-order valence-corrected chi connectivity index (χ3v) is 1.31. The summed E-state index contributed by atoms with van der Waals surface area (Å²) in [4.78, 5) is 7.17. The fraction of sp³-hybridized carbons (Fsp3) is 0. The second-order valence-electron chi connectivity index (χ2n) is 1.48. The average Bonchev–Trinajstić information content (AvgIpc) is 1.88. The fourth-order valence-electron chi connectivity index (χ4n) is 0.425. The van der Waals surface area contributed by atoms with E-state index >= 15 is 0 Å². The van der Waals surface area contributed by atoms with E-state index in [4.69, 9.17) is 29.8 Å². The van der Waals surface area contributed by atoms with E-state index in [0.717, 1.165) is 0 Å². The molecule has 0 aliphatic rings. The molecule has 5 heteroatoms. The smallest absolute Gasteiger partial charge is 0.345 e. The maximum atomic E-state index is 5.55. The molecule has 0 saturated carbocycles. The van der Waals surface area contributed by atoms with Crippen molar-refractivity contribution in [2.75, 3.05) is 0 Å². The first-order chi connectivity index (χ1) is 4.74. The molecule has 0 spiro atoms. The molecule has 52 valence electrons. The van der Waals surface area contributed by atoms with Gasteiger partial charge in [0.15, 0.2) is 0 Å². The Kier molecular flexibility index (Phi) is 6.17. The largest absolute Gasteiger partial charge is 1.00 e. The summed E-state index contributed by atoms with van der Waals surface area (Å²) in [6, 6.07) is 0. The van der Waals surface area contributed by atoms with Crippen molar-refractivity contribution in [3.05, 3.63) is 28.8 Å². The Morgan fingerprint density at radius 1 is 1.45 bits per heavy atom. The molecule has 0 saturated heterocycles. The van der Waals surface area contributed by atoms with Crippen molar-refractivity contribution in [1.82, 2.24) is 9.97 Å². The average molecular weight is 212 g/mol. The first-order valence-corrected chi connectivity index (χ1v) is 3.15. The van der Waals surface area contributed by atoms with Crippen LogP contribution in [0.1, 0.15) is 5.56 Å². The Bertz CT molecular complexity index is 265. The van der Waals surface area contributed by atoms with Crippen LogP contribution < -0.4 is 51.4 Å². The standard InChI is InChI=1S/C6H2Cl2N2.K/c1-2-4-3-9-6(8)10-5(4)7;/h1-2H;/q-2;+1. The zero-order valence-corrected chi connectivity index (χ0v) is 10.4. The van der Waals surface area contributed by atoms with Crippen LogP contribution in [0.2, 0.25) is 10.4 Å². The normalized spacial score (nSPS) is 8.55. The SMILES string of the molecule is [CH-]=Cc1[c-]nc(Cl)nc1Cl.[K+]. The van der Waals surface area contributed by atoms with E-state index in [9.17, 15) is 0 Å². The summed E-state index contributed by atoms with van der Waals surface area (Å²) in [5.74, 6) is 0. The number of nitrogens with zero attached hydrogens (tertiary/aromatic N) is 2. The van der Waals surface area contributed by atoms with Crippen molar-refractivity contribution in [2.24, 2.45) is 0 Å². The summed E-state index contributed by atoms with van der Waals surface area (Å²) in [5.41, 5.74) is 0.450. The van der Waals surface area contributed by atoms with Gasteiger partial charge in [0.05, 0.1) is 0 Å². The Balaban J connectivity index is 0.000001000. The van der Waals surface area contributed by atoms with Crippen LogP contribution in [0.25, 0.3) is 6.08 Å². The Labute approximate surface area is 117 Å². The minimum atomic E-state index is 0. The molecule has 0 unspecified atom stereocenters. The zero-order valence-electron chi connectivity index (χ0n) is 5.81. The molecular formula is C6H2Cl2KN2-. The van der Waals surface area contributed by atoms with E-state index < -0.39 is 0 Å². The second-order valence-corrected chi connectivity index (χ2v) is 2.17. The molecule has 1 aromatic rings. The molecule has 0 bridgehead atoms. The molecule has 2 nitrogen and oxygen atoms in total. The van der Waals surface area contributed by atoms with Gasteiger partial charge in [-0.25, -0.2) is 5.56 Å². The van der Waals surface area contributed by atoms with Crippen LogP contribution in [0, 0.1) is 12.8 Å². The number of halogens is 2. The van der Waals surface area contributed by atoms with Crippen molar-refractivity contribution in [3.63, 3.8) is 0 Å². The molecule has 0 atom stereocenters. The first kappa shape index (κ1) is 12.0. The van der Waals surface area contributed by atoms with Gasteiger partial charge in [0.2, 0.25) is 0 Å². The van der Waals surface area contributed by atoms with Crippen molar-refractivity contribution in [3.8, 4) is 0 Å². The quantitative estimate of drug-likeness (QED) is 0.259. The summed E-state index contributed by atoms with van der Waals surface area (Å²) in [5, 5.41) is 0.276. The van der Waals surface area contributed by atoms with E-state index in [1.807, 2.05) is 0 Å². The van der Waals surface area contributed by atoms with Gasteiger partial charge in [-0.2, -0.15) is 0 Å². The molecule has 1 rings (SSSR count). The number of hydrogen-bond acceptors (Lipinski definition) is 2. The van der Waals surface area contributed by atoms with E-state index in [1.54, 1.807) is 0 Å². The first-order valence-electron chi connectivity index (χ1n) is 2.39. The predicted molar refractivity (Wildman–Crippen MR) is 39.7 cm³/mol. The molecule has 0 radical (unpaired) electrons. The monoisotopic (exact) mass is 211 g/mol. The van der Waals surface area contributed by atoms with E-state index in [0.29, 0.717) is 5.56 Å². The summed E-state index contributed by atoms with van der Waals surface area (Å²) in [6.07, 6.45) is 3.76. The van der Waals surface area contributed by atoms with Gasteiger partial charge in [-0.3, -0.25) is 0 Å². The fourth-order valence-corrected chi connectivity index (χ4v) is 0.780. The third kappa shape index (κ3) is 3.50. The van der Waals surface area contributed by atoms with Gasteiger partial charge in [0.25, 0.3) is 0 Å². The van der Waals surface area contributed by atoms with Crippen LogP contribution in [0.4, 0.5) is 0 Å². The number of rotatable bonds is 1. The molecule has 0 amide bonds. The molecule has 0 aliphatic heterocycles. The Morgan fingerprint density at radius 3 is 2.55 bits per heavy atom. The minimum Gasteiger partial charge on any atom is -0.345 e. The summed E-state index contributed by atoms with van der Waals surface area (Å²) in [7, 11) is 0. The Hall–Kier alpha value is 1.04. The van der Waals surface area contributed by atoms with Gasteiger partial charge < -0.3 is 22.6 Å². The Morgan fingerprint density at radius 2 is 2.09 bits per heavy atom. The van der Waals surface area contributed by atoms with Gasteiger partial charge in [-0.05, 0) is 5.15 Å². The van der Waals surface area contributed by atoms with Crippen molar-refractivity contribution >= 4 is 29.3 Å². The maximum absolute atomic E-state index is 5.55. The molecule has 0 aromatic carbocycles. The van der Waals surface area contributed by atoms with Gasteiger partial charge in [0.1, 0.15) is 5.28 Å².